The summed E-state index contributed by atoms with van der Waals surface area (Å²) in [6, 6.07) is 5.85. The highest BCUT2D eigenvalue weighted by Crippen LogP contribution is 2.28. The van der Waals surface area contributed by atoms with Crippen LogP contribution in [0.25, 0.3) is 0 Å². The highest BCUT2D eigenvalue weighted by molar-refractivity contribution is 8.76. The third kappa shape index (κ3) is 5.29. The van der Waals surface area contributed by atoms with Crippen LogP contribution in [0.15, 0.2) is 24.3 Å². The van der Waals surface area contributed by atoms with Crippen molar-refractivity contribution in [3.63, 3.8) is 0 Å². The first kappa shape index (κ1) is 11.6. The zero-order valence-corrected chi connectivity index (χ0v) is 9.48. The van der Waals surface area contributed by atoms with Crippen LogP contribution >= 0.6 is 21.6 Å². The molecule has 0 unspecified atom stereocenters. The molecule has 78 valence electrons. The van der Waals surface area contributed by atoms with Crippen LogP contribution in [0.4, 0.5) is 0 Å². The Labute approximate surface area is 92.1 Å². The number of phenols is 2. The molecule has 1 saturated heterocycles. The van der Waals surface area contributed by atoms with Crippen LogP contribution in [-0.2, 0) is 0 Å². The monoisotopic (exact) mass is 230 g/mol. The molecule has 1 aromatic rings. The number of phenolic OH excluding ortho intramolecular Hbond substituents is 2. The molecule has 1 aromatic carbocycles. The lowest BCUT2D eigenvalue weighted by Gasteiger charge is -2.04. The van der Waals surface area contributed by atoms with Crippen molar-refractivity contribution in [2.45, 2.75) is 12.8 Å². The van der Waals surface area contributed by atoms with Crippen LogP contribution < -0.4 is 0 Å². The molecule has 0 aromatic heterocycles. The molecule has 0 amide bonds. The maximum Gasteiger partial charge on any atom is 0.119 e. The van der Waals surface area contributed by atoms with Gasteiger partial charge in [0.05, 0.1) is 0 Å². The van der Waals surface area contributed by atoms with E-state index < -0.39 is 0 Å². The molecule has 1 heterocycles. The van der Waals surface area contributed by atoms with Gasteiger partial charge in [-0.15, -0.1) is 0 Å². The maximum atomic E-state index is 8.65. The van der Waals surface area contributed by atoms with Crippen molar-refractivity contribution < 1.29 is 10.2 Å². The summed E-state index contributed by atoms with van der Waals surface area (Å²) in [6.45, 7) is 0. The van der Waals surface area contributed by atoms with Gasteiger partial charge in [-0.1, -0.05) is 27.7 Å². The Morgan fingerprint density at radius 1 is 0.929 bits per heavy atom. The van der Waals surface area contributed by atoms with E-state index in [-0.39, 0.29) is 11.5 Å². The molecule has 0 radical (unpaired) electrons. The Hall–Kier alpha value is -0.480. The lowest BCUT2D eigenvalue weighted by Crippen LogP contribution is -1.86. The van der Waals surface area contributed by atoms with Crippen LogP contribution in [-0.4, -0.2) is 21.7 Å². The predicted molar refractivity (Wildman–Crippen MR) is 63.9 cm³/mol. The predicted octanol–water partition coefficient (Wildman–Crippen LogP) is 3.26. The van der Waals surface area contributed by atoms with E-state index in [2.05, 4.69) is 0 Å². The summed E-state index contributed by atoms with van der Waals surface area (Å²) in [5, 5.41) is 17.3. The third-order valence-corrected chi connectivity index (χ3v) is 4.20. The largest absolute Gasteiger partial charge is 0.508 e. The summed E-state index contributed by atoms with van der Waals surface area (Å²) >= 11 is 0. The number of hydrogen-bond donors (Lipinski definition) is 2. The fourth-order valence-electron chi connectivity index (χ4n) is 0.933. The van der Waals surface area contributed by atoms with Crippen LogP contribution in [0.2, 0.25) is 0 Å². The van der Waals surface area contributed by atoms with E-state index in [1.807, 2.05) is 21.6 Å². The SMILES string of the molecule is C1CCSSC1.Oc1cccc(O)c1. The smallest absolute Gasteiger partial charge is 0.119 e. The first-order valence-electron chi connectivity index (χ1n) is 4.51. The molecule has 1 aliphatic rings. The van der Waals surface area contributed by atoms with Crippen LogP contribution in [0, 0.1) is 0 Å². The lowest BCUT2D eigenvalue weighted by atomic mass is 10.3. The Morgan fingerprint density at radius 3 is 1.64 bits per heavy atom. The second-order valence-electron chi connectivity index (χ2n) is 2.87. The van der Waals surface area contributed by atoms with Gasteiger partial charge in [-0.2, -0.15) is 0 Å². The van der Waals surface area contributed by atoms with Gasteiger partial charge >= 0.3 is 0 Å². The molecule has 2 nitrogen and oxygen atoms in total. The van der Waals surface area contributed by atoms with Gasteiger partial charge in [-0.05, 0) is 25.0 Å². The first-order valence-corrected chi connectivity index (χ1v) is 7.00. The van der Waals surface area contributed by atoms with E-state index in [0.717, 1.165) is 0 Å². The van der Waals surface area contributed by atoms with Gasteiger partial charge in [-0.3, -0.25) is 0 Å². The molecular formula is C10H14O2S2. The summed E-state index contributed by atoms with van der Waals surface area (Å²) in [6.07, 6.45) is 2.88. The van der Waals surface area contributed by atoms with E-state index in [9.17, 15) is 0 Å². The number of hydrogen-bond acceptors (Lipinski definition) is 4. The minimum absolute atomic E-state index is 0.0880. The minimum atomic E-state index is 0.0880. The lowest BCUT2D eigenvalue weighted by molar-refractivity contribution is 0.450. The standard InChI is InChI=1S/C6H6O2.C4H8S2/c7-5-2-1-3-6(8)4-5;1-2-4-6-5-3-1/h1-4,7-8H;1-4H2. The summed E-state index contributed by atoms with van der Waals surface area (Å²) < 4.78 is 0. The second kappa shape index (κ2) is 6.90. The van der Waals surface area contributed by atoms with Gasteiger partial charge in [0.1, 0.15) is 11.5 Å². The molecule has 0 spiro atoms. The molecular weight excluding hydrogens is 216 g/mol. The highest BCUT2D eigenvalue weighted by atomic mass is 33.1. The van der Waals surface area contributed by atoms with Gasteiger partial charge < -0.3 is 10.2 Å². The summed E-state index contributed by atoms with van der Waals surface area (Å²) in [5.74, 6) is 2.94. The Kier molecular flexibility index (Phi) is 5.71. The molecule has 2 N–H and O–H groups in total. The highest BCUT2D eigenvalue weighted by Gasteiger charge is 1.96. The topological polar surface area (TPSA) is 40.5 Å². The molecule has 2 rings (SSSR count). The van der Waals surface area contributed by atoms with E-state index >= 15 is 0 Å². The molecule has 14 heavy (non-hydrogen) atoms. The van der Waals surface area contributed by atoms with Crippen molar-refractivity contribution in [3.8, 4) is 11.5 Å². The van der Waals surface area contributed by atoms with E-state index in [4.69, 9.17) is 10.2 Å². The maximum absolute atomic E-state index is 8.65. The molecule has 0 bridgehead atoms. The third-order valence-electron chi connectivity index (χ3n) is 1.62. The Balaban J connectivity index is 0.000000146. The normalized spacial score (nSPS) is 15.4. The number of aromatic hydroxyl groups is 2. The van der Waals surface area contributed by atoms with Crippen molar-refractivity contribution in [3.05, 3.63) is 24.3 Å². The van der Waals surface area contributed by atoms with Crippen LogP contribution in [0.5, 0.6) is 11.5 Å². The van der Waals surface area contributed by atoms with Crippen molar-refractivity contribution >= 4 is 21.6 Å². The summed E-state index contributed by atoms with van der Waals surface area (Å²) in [7, 11) is 4.02. The zero-order valence-electron chi connectivity index (χ0n) is 7.85. The van der Waals surface area contributed by atoms with Crippen molar-refractivity contribution in [2.75, 3.05) is 11.5 Å². The molecule has 4 heteroatoms. The van der Waals surface area contributed by atoms with Crippen molar-refractivity contribution in [1.29, 1.82) is 0 Å². The van der Waals surface area contributed by atoms with E-state index in [0.29, 0.717) is 0 Å². The summed E-state index contributed by atoms with van der Waals surface area (Å²) in [4.78, 5) is 0. The van der Waals surface area contributed by atoms with Crippen LogP contribution in [0.1, 0.15) is 12.8 Å². The zero-order chi connectivity index (χ0) is 10.2. The molecule has 1 fully saturated rings. The van der Waals surface area contributed by atoms with Crippen molar-refractivity contribution in [1.82, 2.24) is 0 Å². The van der Waals surface area contributed by atoms with E-state index in [1.54, 1.807) is 6.07 Å². The molecule has 1 aliphatic heterocycles. The average Bonchev–Trinajstić information content (AvgIpc) is 2.21. The molecule has 0 saturated carbocycles. The van der Waals surface area contributed by atoms with Gasteiger partial charge in [0.2, 0.25) is 0 Å². The fourth-order valence-corrected chi connectivity index (χ4v) is 3.23. The van der Waals surface area contributed by atoms with Gasteiger partial charge in [0, 0.05) is 17.6 Å². The van der Waals surface area contributed by atoms with Crippen molar-refractivity contribution in [2.24, 2.45) is 0 Å². The quantitative estimate of drug-likeness (QED) is 0.671. The fraction of sp³-hybridized carbons (Fsp3) is 0.400. The number of benzene rings is 1. The second-order valence-corrected chi connectivity index (χ2v) is 5.57. The average molecular weight is 230 g/mol. The Bertz CT molecular complexity index is 233. The van der Waals surface area contributed by atoms with Gasteiger partial charge in [0.15, 0.2) is 0 Å². The molecule has 0 atom stereocenters. The Morgan fingerprint density at radius 2 is 1.43 bits per heavy atom. The van der Waals surface area contributed by atoms with E-state index in [1.165, 1.54) is 42.5 Å². The van der Waals surface area contributed by atoms with Crippen LogP contribution in [0.3, 0.4) is 0 Å². The summed E-state index contributed by atoms with van der Waals surface area (Å²) in [5.41, 5.74) is 0. The number of rotatable bonds is 0. The minimum Gasteiger partial charge on any atom is -0.508 e. The first-order chi connectivity index (χ1) is 6.79. The molecule has 0 aliphatic carbocycles. The van der Waals surface area contributed by atoms with Gasteiger partial charge in [-0.25, -0.2) is 0 Å². The van der Waals surface area contributed by atoms with Gasteiger partial charge in [0.25, 0.3) is 0 Å².